The molecule has 2 fully saturated rings. The van der Waals surface area contributed by atoms with Crippen molar-refractivity contribution in [2.45, 2.75) is 45.1 Å². The molecule has 0 radical (unpaired) electrons. The number of nitrogens with two attached hydrogens (primary N) is 1. The number of sulfonamides is 1. The lowest BCUT2D eigenvalue weighted by Gasteiger charge is -2.33. The van der Waals surface area contributed by atoms with Gasteiger partial charge in [0.2, 0.25) is 10.0 Å². The highest BCUT2D eigenvalue weighted by Gasteiger charge is 2.34. The van der Waals surface area contributed by atoms with E-state index in [1.807, 2.05) is 0 Å². The molecule has 5 heteroatoms. The molecule has 18 heavy (non-hydrogen) atoms. The van der Waals surface area contributed by atoms with E-state index in [0.717, 1.165) is 25.8 Å². The minimum absolute atomic E-state index is 0.351. The Balaban J connectivity index is 1.90. The maximum absolute atomic E-state index is 11.6. The third kappa shape index (κ3) is 3.25. The van der Waals surface area contributed by atoms with Gasteiger partial charge >= 0.3 is 0 Å². The van der Waals surface area contributed by atoms with Gasteiger partial charge < -0.3 is 5.73 Å². The van der Waals surface area contributed by atoms with E-state index < -0.39 is 10.0 Å². The van der Waals surface area contributed by atoms with E-state index in [0.29, 0.717) is 30.3 Å². The SMILES string of the molecule is CC1C(N)CCC1CC1CCCN(S(C)(=O)=O)C1. The first-order valence-corrected chi connectivity index (χ1v) is 8.93. The van der Waals surface area contributed by atoms with Crippen molar-refractivity contribution in [3.8, 4) is 0 Å². The Kier molecular flexibility index (Phi) is 4.34. The molecule has 1 saturated carbocycles. The molecule has 0 bridgehead atoms. The van der Waals surface area contributed by atoms with Gasteiger partial charge in [0, 0.05) is 19.1 Å². The number of piperidine rings is 1. The molecule has 0 aromatic heterocycles. The second-order valence-corrected chi connectivity index (χ2v) is 8.21. The van der Waals surface area contributed by atoms with Gasteiger partial charge in [0.1, 0.15) is 0 Å². The van der Waals surface area contributed by atoms with Gasteiger partial charge in [0.25, 0.3) is 0 Å². The molecular formula is C13H26N2O2S. The van der Waals surface area contributed by atoms with Crippen LogP contribution in [0.3, 0.4) is 0 Å². The van der Waals surface area contributed by atoms with E-state index in [9.17, 15) is 8.42 Å². The Bertz CT molecular complexity index is 382. The lowest BCUT2D eigenvalue weighted by atomic mass is 9.84. The van der Waals surface area contributed by atoms with Crippen molar-refractivity contribution in [3.05, 3.63) is 0 Å². The second-order valence-electron chi connectivity index (χ2n) is 6.23. The molecule has 0 spiro atoms. The van der Waals surface area contributed by atoms with E-state index in [1.54, 1.807) is 4.31 Å². The number of rotatable bonds is 3. The van der Waals surface area contributed by atoms with E-state index in [-0.39, 0.29) is 0 Å². The summed E-state index contributed by atoms with van der Waals surface area (Å²) in [5.74, 6) is 1.83. The van der Waals surface area contributed by atoms with Gasteiger partial charge in [0.05, 0.1) is 6.26 Å². The van der Waals surface area contributed by atoms with E-state index in [1.165, 1.54) is 19.1 Å². The van der Waals surface area contributed by atoms with Crippen LogP contribution in [-0.4, -0.2) is 38.1 Å². The van der Waals surface area contributed by atoms with Crippen molar-refractivity contribution < 1.29 is 8.42 Å². The van der Waals surface area contributed by atoms with Gasteiger partial charge in [-0.25, -0.2) is 12.7 Å². The second kappa shape index (κ2) is 5.47. The minimum Gasteiger partial charge on any atom is -0.327 e. The molecular weight excluding hydrogens is 248 g/mol. The highest BCUT2D eigenvalue weighted by molar-refractivity contribution is 7.88. The third-order valence-electron chi connectivity index (χ3n) is 4.88. The van der Waals surface area contributed by atoms with Crippen molar-refractivity contribution in [2.75, 3.05) is 19.3 Å². The monoisotopic (exact) mass is 274 g/mol. The predicted molar refractivity (Wildman–Crippen MR) is 73.6 cm³/mol. The predicted octanol–water partition coefficient (Wildman–Crippen LogP) is 1.42. The van der Waals surface area contributed by atoms with Crippen molar-refractivity contribution >= 4 is 10.0 Å². The summed E-state index contributed by atoms with van der Waals surface area (Å²) in [6.45, 7) is 3.67. The summed E-state index contributed by atoms with van der Waals surface area (Å²) in [6.07, 6.45) is 7.01. The van der Waals surface area contributed by atoms with Crippen LogP contribution in [0.4, 0.5) is 0 Å². The van der Waals surface area contributed by atoms with Gasteiger partial charge in [-0.3, -0.25) is 0 Å². The van der Waals surface area contributed by atoms with Crippen molar-refractivity contribution in [2.24, 2.45) is 23.5 Å². The molecule has 2 N–H and O–H groups in total. The average molecular weight is 274 g/mol. The summed E-state index contributed by atoms with van der Waals surface area (Å²) in [7, 11) is -3.01. The smallest absolute Gasteiger partial charge is 0.211 e. The molecule has 2 aliphatic rings. The molecule has 1 aliphatic heterocycles. The topological polar surface area (TPSA) is 63.4 Å². The quantitative estimate of drug-likeness (QED) is 0.846. The van der Waals surface area contributed by atoms with Crippen LogP contribution in [0.25, 0.3) is 0 Å². The molecule has 4 nitrogen and oxygen atoms in total. The first-order chi connectivity index (χ1) is 8.38. The standard InChI is InChI=1S/C13H26N2O2S/c1-10-12(5-6-13(10)14)8-11-4-3-7-15(9-11)18(2,16)17/h10-13H,3-9,14H2,1-2H3. The van der Waals surface area contributed by atoms with Gasteiger partial charge in [-0.15, -0.1) is 0 Å². The van der Waals surface area contributed by atoms with Crippen LogP contribution >= 0.6 is 0 Å². The molecule has 0 amide bonds. The zero-order chi connectivity index (χ0) is 13.3. The molecule has 106 valence electrons. The zero-order valence-corrected chi connectivity index (χ0v) is 12.3. The summed E-state index contributed by atoms with van der Waals surface area (Å²) < 4.78 is 24.8. The third-order valence-corrected chi connectivity index (χ3v) is 6.15. The van der Waals surface area contributed by atoms with E-state index in [4.69, 9.17) is 5.73 Å². The molecule has 2 rings (SSSR count). The molecule has 0 aromatic rings. The van der Waals surface area contributed by atoms with Crippen LogP contribution in [0.1, 0.15) is 39.0 Å². The fourth-order valence-electron chi connectivity index (χ4n) is 3.56. The van der Waals surface area contributed by atoms with Gasteiger partial charge in [-0.1, -0.05) is 6.92 Å². The Labute approximate surface area is 111 Å². The first-order valence-electron chi connectivity index (χ1n) is 7.08. The lowest BCUT2D eigenvalue weighted by molar-refractivity contribution is 0.213. The maximum atomic E-state index is 11.6. The van der Waals surface area contributed by atoms with Gasteiger partial charge in [-0.05, 0) is 49.9 Å². The Morgan fingerprint density at radius 2 is 2.00 bits per heavy atom. The molecule has 1 heterocycles. The highest BCUT2D eigenvalue weighted by atomic mass is 32.2. The molecule has 4 atom stereocenters. The largest absolute Gasteiger partial charge is 0.327 e. The maximum Gasteiger partial charge on any atom is 0.211 e. The van der Waals surface area contributed by atoms with E-state index in [2.05, 4.69) is 6.92 Å². The minimum atomic E-state index is -3.01. The normalized spacial score (nSPS) is 39.1. The van der Waals surface area contributed by atoms with Crippen LogP contribution in [-0.2, 0) is 10.0 Å². The number of nitrogens with zero attached hydrogens (tertiary/aromatic N) is 1. The molecule has 0 aromatic carbocycles. The fourth-order valence-corrected chi connectivity index (χ4v) is 4.51. The van der Waals surface area contributed by atoms with Crippen molar-refractivity contribution in [1.29, 1.82) is 0 Å². The Morgan fingerprint density at radius 1 is 1.28 bits per heavy atom. The summed E-state index contributed by atoms with van der Waals surface area (Å²) in [5.41, 5.74) is 6.06. The number of hydrogen-bond acceptors (Lipinski definition) is 3. The zero-order valence-electron chi connectivity index (χ0n) is 11.5. The Morgan fingerprint density at radius 3 is 2.56 bits per heavy atom. The first kappa shape index (κ1) is 14.3. The van der Waals surface area contributed by atoms with Gasteiger partial charge in [-0.2, -0.15) is 0 Å². The summed E-state index contributed by atoms with van der Waals surface area (Å²) >= 11 is 0. The van der Waals surface area contributed by atoms with Crippen LogP contribution in [0.15, 0.2) is 0 Å². The van der Waals surface area contributed by atoms with Crippen LogP contribution in [0.5, 0.6) is 0 Å². The molecule has 4 unspecified atom stereocenters. The summed E-state index contributed by atoms with van der Waals surface area (Å²) in [4.78, 5) is 0. The van der Waals surface area contributed by atoms with Crippen molar-refractivity contribution in [1.82, 2.24) is 4.31 Å². The highest BCUT2D eigenvalue weighted by Crippen LogP contribution is 2.37. The summed E-state index contributed by atoms with van der Waals surface area (Å²) in [5, 5.41) is 0. The lowest BCUT2D eigenvalue weighted by Crippen LogP contribution is -2.40. The van der Waals surface area contributed by atoms with Crippen LogP contribution in [0, 0.1) is 17.8 Å². The molecule has 1 aliphatic carbocycles. The fraction of sp³-hybridized carbons (Fsp3) is 1.00. The van der Waals surface area contributed by atoms with Crippen LogP contribution in [0.2, 0.25) is 0 Å². The van der Waals surface area contributed by atoms with E-state index >= 15 is 0 Å². The van der Waals surface area contributed by atoms with Crippen molar-refractivity contribution in [3.63, 3.8) is 0 Å². The van der Waals surface area contributed by atoms with Gasteiger partial charge in [0.15, 0.2) is 0 Å². The summed E-state index contributed by atoms with van der Waals surface area (Å²) in [6, 6.07) is 0.351. The molecule has 1 saturated heterocycles. The number of hydrogen-bond donors (Lipinski definition) is 1. The Hall–Kier alpha value is -0.130. The average Bonchev–Trinajstić information content (AvgIpc) is 2.60. The van der Waals surface area contributed by atoms with Crippen LogP contribution < -0.4 is 5.73 Å².